The molecule has 150 valence electrons. The highest BCUT2D eigenvalue weighted by atomic mass is 16.5. The van der Waals surface area contributed by atoms with E-state index in [-0.39, 0.29) is 11.9 Å². The zero-order valence-corrected chi connectivity index (χ0v) is 16.1. The Bertz CT molecular complexity index is 595. The molecule has 7 heteroatoms. The van der Waals surface area contributed by atoms with Crippen LogP contribution in [0.4, 0.5) is 0 Å². The summed E-state index contributed by atoms with van der Waals surface area (Å²) in [4.78, 5) is 11.4. The van der Waals surface area contributed by atoms with Crippen molar-refractivity contribution in [3.63, 3.8) is 0 Å². The number of amidine groups is 1. The van der Waals surface area contributed by atoms with Crippen molar-refractivity contribution in [2.24, 2.45) is 22.7 Å². The lowest BCUT2D eigenvalue weighted by Gasteiger charge is -2.32. The van der Waals surface area contributed by atoms with E-state index in [4.69, 9.17) is 16.4 Å². The van der Waals surface area contributed by atoms with Gasteiger partial charge in [0.05, 0.1) is 12.6 Å². The van der Waals surface area contributed by atoms with Crippen LogP contribution in [-0.2, 0) is 9.53 Å². The van der Waals surface area contributed by atoms with E-state index in [1.54, 1.807) is 5.01 Å². The van der Waals surface area contributed by atoms with Crippen LogP contribution in [-0.4, -0.2) is 35.4 Å². The monoisotopic (exact) mass is 375 g/mol. The Morgan fingerprint density at radius 1 is 1.26 bits per heavy atom. The van der Waals surface area contributed by atoms with Gasteiger partial charge in [0.2, 0.25) is 5.91 Å². The van der Waals surface area contributed by atoms with E-state index in [0.29, 0.717) is 25.0 Å². The fourth-order valence-electron chi connectivity index (χ4n) is 4.19. The van der Waals surface area contributed by atoms with Gasteiger partial charge in [0, 0.05) is 24.8 Å². The van der Waals surface area contributed by atoms with E-state index in [9.17, 15) is 4.79 Å². The molecule has 1 saturated heterocycles. The van der Waals surface area contributed by atoms with Crippen LogP contribution in [0, 0.1) is 5.92 Å². The summed E-state index contributed by atoms with van der Waals surface area (Å²) in [5, 5.41) is 8.72. The molecular weight excluding hydrogens is 342 g/mol. The average molecular weight is 376 g/mol. The summed E-state index contributed by atoms with van der Waals surface area (Å²) in [6.45, 7) is 0.659. The highest BCUT2D eigenvalue weighted by Crippen LogP contribution is 2.26. The van der Waals surface area contributed by atoms with Gasteiger partial charge in [-0.1, -0.05) is 25.3 Å². The molecule has 3 aliphatic rings. The average Bonchev–Trinajstić information content (AvgIpc) is 2.71. The van der Waals surface area contributed by atoms with Crippen molar-refractivity contribution in [2.75, 3.05) is 6.61 Å². The molecule has 5 N–H and O–H groups in total. The minimum absolute atomic E-state index is 0.122. The molecule has 1 amide bonds. The van der Waals surface area contributed by atoms with E-state index in [1.165, 1.54) is 19.3 Å². The molecule has 0 aromatic carbocycles. The van der Waals surface area contributed by atoms with Gasteiger partial charge in [0.25, 0.3) is 0 Å². The number of piperidine rings is 1. The molecule has 7 nitrogen and oxygen atoms in total. The van der Waals surface area contributed by atoms with Crippen LogP contribution in [0.3, 0.4) is 0 Å². The zero-order chi connectivity index (χ0) is 19.1. The topological polar surface area (TPSA) is 106 Å². The van der Waals surface area contributed by atoms with Crippen LogP contribution in [0.1, 0.15) is 64.2 Å². The third-order valence-electron chi connectivity index (χ3n) is 5.82. The van der Waals surface area contributed by atoms with E-state index in [0.717, 1.165) is 50.1 Å². The maximum atomic E-state index is 11.4. The maximum absolute atomic E-state index is 11.4. The number of ether oxygens (including phenoxy) is 1. The Hall–Kier alpha value is -2.02. The fourth-order valence-corrected chi connectivity index (χ4v) is 4.19. The number of hydrogen-bond acceptors (Lipinski definition) is 5. The third kappa shape index (κ3) is 5.48. The number of hydrazine groups is 1. The summed E-state index contributed by atoms with van der Waals surface area (Å²) in [6.07, 6.45) is 16.3. The number of hydrogen-bond donors (Lipinski definition) is 3. The van der Waals surface area contributed by atoms with Gasteiger partial charge in [-0.05, 0) is 44.3 Å². The molecule has 2 aliphatic carbocycles. The maximum Gasteiger partial charge on any atom is 0.220 e. The van der Waals surface area contributed by atoms with Crippen LogP contribution < -0.4 is 17.0 Å². The van der Waals surface area contributed by atoms with E-state index >= 15 is 0 Å². The molecule has 0 radical (unpaired) electrons. The Morgan fingerprint density at radius 3 is 2.85 bits per heavy atom. The Labute approximate surface area is 161 Å². The zero-order valence-electron chi connectivity index (χ0n) is 16.1. The standard InChI is InChI=1S/C20H33N5O2/c21-24-19(25(22)16-6-2-1-3-7-16)8-4-5-13-27-17-10-11-18-15(14-17)9-12-20(26)23-18/h10-11,14-16,18H,1-9,12-13,21-22H2,(H,23,26)/b24-19-. The highest BCUT2D eigenvalue weighted by Gasteiger charge is 2.28. The largest absolute Gasteiger partial charge is 0.494 e. The van der Waals surface area contributed by atoms with Crippen LogP contribution in [0.25, 0.3) is 0 Å². The molecule has 2 fully saturated rings. The number of nitrogens with two attached hydrogens (primary N) is 2. The van der Waals surface area contributed by atoms with Crippen LogP contribution >= 0.6 is 0 Å². The summed E-state index contributed by atoms with van der Waals surface area (Å²) < 4.78 is 5.90. The van der Waals surface area contributed by atoms with E-state index in [2.05, 4.69) is 16.5 Å². The molecular formula is C20H33N5O2. The number of unbranched alkanes of at least 4 members (excludes halogenated alkanes) is 1. The van der Waals surface area contributed by atoms with Crippen molar-refractivity contribution in [2.45, 2.75) is 76.3 Å². The second-order valence-electron chi connectivity index (χ2n) is 7.77. The number of nitrogens with one attached hydrogen (secondary N) is 1. The molecule has 3 rings (SSSR count). The number of rotatable bonds is 7. The first-order valence-electron chi connectivity index (χ1n) is 10.3. The molecule has 0 spiro atoms. The van der Waals surface area contributed by atoms with Gasteiger partial charge in [-0.3, -0.25) is 9.80 Å². The predicted octanol–water partition coefficient (Wildman–Crippen LogP) is 2.30. The summed E-state index contributed by atoms with van der Waals surface area (Å²) in [5.74, 6) is 14.0. The number of hydrazone groups is 1. The predicted molar refractivity (Wildman–Crippen MR) is 106 cm³/mol. The summed E-state index contributed by atoms with van der Waals surface area (Å²) >= 11 is 0. The molecule has 1 heterocycles. The van der Waals surface area contributed by atoms with Crippen molar-refractivity contribution in [3.05, 3.63) is 24.0 Å². The van der Waals surface area contributed by atoms with Gasteiger partial charge in [-0.2, -0.15) is 5.10 Å². The molecule has 27 heavy (non-hydrogen) atoms. The molecule has 1 saturated carbocycles. The molecule has 1 aliphatic heterocycles. The molecule has 0 aromatic heterocycles. The second kappa shape index (κ2) is 9.78. The lowest BCUT2D eigenvalue weighted by molar-refractivity contribution is -0.123. The van der Waals surface area contributed by atoms with Gasteiger partial charge in [0.15, 0.2) is 0 Å². The molecule has 0 aromatic rings. The number of allylic oxidation sites excluding steroid dienone is 1. The summed E-state index contributed by atoms with van der Waals surface area (Å²) in [6, 6.07) is 0.496. The van der Waals surface area contributed by atoms with Gasteiger partial charge < -0.3 is 15.9 Å². The van der Waals surface area contributed by atoms with Crippen LogP contribution in [0.5, 0.6) is 0 Å². The Morgan fingerprint density at radius 2 is 2.07 bits per heavy atom. The first-order chi connectivity index (χ1) is 13.2. The SMILES string of the molecule is N/N=C(/CCCCOC1=CC2CCC(=O)NC2C=C1)N(N)C1CCCCC1. The van der Waals surface area contributed by atoms with E-state index in [1.807, 2.05) is 12.2 Å². The van der Waals surface area contributed by atoms with Gasteiger partial charge in [-0.15, -0.1) is 0 Å². The third-order valence-corrected chi connectivity index (χ3v) is 5.82. The number of fused-ring (bicyclic) bond motifs is 1. The van der Waals surface area contributed by atoms with Crippen molar-refractivity contribution in [3.8, 4) is 0 Å². The fraction of sp³-hybridized carbons (Fsp3) is 0.700. The number of nitrogens with zero attached hydrogens (tertiary/aromatic N) is 2. The quantitative estimate of drug-likeness (QED) is 0.208. The number of carbonyl (C=O) groups is 1. The van der Waals surface area contributed by atoms with Crippen molar-refractivity contribution in [1.82, 2.24) is 10.3 Å². The van der Waals surface area contributed by atoms with Crippen molar-refractivity contribution in [1.29, 1.82) is 0 Å². The smallest absolute Gasteiger partial charge is 0.220 e. The first kappa shape index (κ1) is 19.7. The first-order valence-corrected chi connectivity index (χ1v) is 10.3. The van der Waals surface area contributed by atoms with Gasteiger partial charge in [0.1, 0.15) is 11.6 Å². The Balaban J connectivity index is 1.35. The van der Waals surface area contributed by atoms with Gasteiger partial charge >= 0.3 is 0 Å². The normalized spacial score (nSPS) is 26.2. The molecule has 0 bridgehead atoms. The Kier molecular flexibility index (Phi) is 7.15. The second-order valence-corrected chi connectivity index (χ2v) is 7.77. The lowest BCUT2D eigenvalue weighted by atomic mass is 9.87. The van der Waals surface area contributed by atoms with E-state index < -0.39 is 0 Å². The number of amides is 1. The van der Waals surface area contributed by atoms with Crippen molar-refractivity contribution >= 4 is 11.7 Å². The van der Waals surface area contributed by atoms with Crippen molar-refractivity contribution < 1.29 is 9.53 Å². The minimum Gasteiger partial charge on any atom is -0.494 e. The summed E-state index contributed by atoms with van der Waals surface area (Å²) in [7, 11) is 0. The van der Waals surface area contributed by atoms with Crippen LogP contribution in [0.15, 0.2) is 29.1 Å². The minimum atomic E-state index is 0.122. The molecule has 2 atom stereocenters. The van der Waals surface area contributed by atoms with Crippen LogP contribution in [0.2, 0.25) is 0 Å². The highest BCUT2D eigenvalue weighted by molar-refractivity contribution is 5.81. The molecule has 2 unspecified atom stereocenters. The lowest BCUT2D eigenvalue weighted by Crippen LogP contribution is -2.46. The van der Waals surface area contributed by atoms with Gasteiger partial charge in [-0.25, -0.2) is 5.84 Å². The number of carbonyl (C=O) groups excluding carboxylic acids is 1. The summed E-state index contributed by atoms with van der Waals surface area (Å²) in [5.41, 5.74) is 0.